The number of nitrogens with zero attached hydrogens (tertiary/aromatic N) is 1. The van der Waals surface area contributed by atoms with Crippen LogP contribution in [0.15, 0.2) is 24.9 Å². The molecule has 0 atom stereocenters. The molecule has 0 saturated heterocycles. The Balaban J connectivity index is 3.25. The molecular weight excluding hydrogens is 186 g/mol. The van der Waals surface area contributed by atoms with Crippen LogP contribution in [0.2, 0.25) is 0 Å². The molecular formula is C13H17NO. The van der Waals surface area contributed by atoms with Crippen molar-refractivity contribution < 1.29 is 4.79 Å². The third-order valence-corrected chi connectivity index (χ3v) is 2.49. The zero-order valence-electron chi connectivity index (χ0n) is 9.79. The molecule has 1 amide bonds. The van der Waals surface area contributed by atoms with E-state index in [2.05, 4.69) is 6.58 Å². The standard InChI is InChI=1S/C13H17NO/c1-6-14(5)13(15)12-10(3)7-9(2)8-11(12)4/h6-8H,1H2,2-5H3. The largest absolute Gasteiger partial charge is 0.319 e. The smallest absolute Gasteiger partial charge is 0.258 e. The summed E-state index contributed by atoms with van der Waals surface area (Å²) in [6.07, 6.45) is 1.53. The van der Waals surface area contributed by atoms with Crippen LogP contribution in [-0.2, 0) is 0 Å². The molecule has 0 N–H and O–H groups in total. The lowest BCUT2D eigenvalue weighted by Gasteiger charge is -2.16. The molecule has 0 aromatic heterocycles. The van der Waals surface area contributed by atoms with E-state index in [0.29, 0.717) is 0 Å². The van der Waals surface area contributed by atoms with Gasteiger partial charge in [-0.25, -0.2) is 0 Å². The Morgan fingerprint density at radius 1 is 1.27 bits per heavy atom. The monoisotopic (exact) mass is 203 g/mol. The molecule has 80 valence electrons. The van der Waals surface area contributed by atoms with Gasteiger partial charge >= 0.3 is 0 Å². The van der Waals surface area contributed by atoms with E-state index in [9.17, 15) is 4.79 Å². The van der Waals surface area contributed by atoms with E-state index in [-0.39, 0.29) is 5.91 Å². The van der Waals surface area contributed by atoms with Gasteiger partial charge in [-0.05, 0) is 38.1 Å². The number of amides is 1. The fraction of sp³-hybridized carbons (Fsp3) is 0.308. The minimum Gasteiger partial charge on any atom is -0.319 e. The van der Waals surface area contributed by atoms with Crippen molar-refractivity contribution in [2.24, 2.45) is 0 Å². The van der Waals surface area contributed by atoms with Crippen LogP contribution >= 0.6 is 0 Å². The van der Waals surface area contributed by atoms with Crippen molar-refractivity contribution in [2.45, 2.75) is 20.8 Å². The van der Waals surface area contributed by atoms with Gasteiger partial charge in [-0.15, -0.1) is 0 Å². The van der Waals surface area contributed by atoms with Crippen LogP contribution in [0.1, 0.15) is 27.0 Å². The van der Waals surface area contributed by atoms with Gasteiger partial charge in [-0.1, -0.05) is 24.3 Å². The zero-order chi connectivity index (χ0) is 11.6. The van der Waals surface area contributed by atoms with Crippen molar-refractivity contribution in [3.05, 3.63) is 47.2 Å². The number of hydrogen-bond acceptors (Lipinski definition) is 1. The third kappa shape index (κ3) is 2.27. The predicted octanol–water partition coefficient (Wildman–Crippen LogP) is 2.83. The second-order valence-corrected chi connectivity index (χ2v) is 3.87. The zero-order valence-corrected chi connectivity index (χ0v) is 9.79. The second-order valence-electron chi connectivity index (χ2n) is 3.87. The third-order valence-electron chi connectivity index (χ3n) is 2.49. The van der Waals surface area contributed by atoms with Crippen molar-refractivity contribution in [1.82, 2.24) is 4.90 Å². The maximum Gasteiger partial charge on any atom is 0.258 e. The molecule has 0 aliphatic heterocycles. The summed E-state index contributed by atoms with van der Waals surface area (Å²) in [4.78, 5) is 13.5. The van der Waals surface area contributed by atoms with Crippen LogP contribution in [0, 0.1) is 20.8 Å². The van der Waals surface area contributed by atoms with Crippen LogP contribution in [0.4, 0.5) is 0 Å². The molecule has 1 aromatic rings. The van der Waals surface area contributed by atoms with Gasteiger partial charge < -0.3 is 4.90 Å². The van der Waals surface area contributed by atoms with Crippen molar-refractivity contribution in [3.63, 3.8) is 0 Å². The summed E-state index contributed by atoms with van der Waals surface area (Å²) in [5.74, 6) is 0.000000000000000444. The van der Waals surface area contributed by atoms with Crippen molar-refractivity contribution in [1.29, 1.82) is 0 Å². The average Bonchev–Trinajstić information content (AvgIpc) is 2.14. The molecule has 15 heavy (non-hydrogen) atoms. The van der Waals surface area contributed by atoms with Crippen molar-refractivity contribution in [3.8, 4) is 0 Å². The maximum atomic E-state index is 12.0. The Labute approximate surface area is 91.2 Å². The van der Waals surface area contributed by atoms with Crippen molar-refractivity contribution >= 4 is 5.91 Å². The molecule has 0 heterocycles. The van der Waals surface area contributed by atoms with Gasteiger partial charge in [0.1, 0.15) is 0 Å². The summed E-state index contributed by atoms with van der Waals surface area (Å²) < 4.78 is 0. The number of hydrogen-bond donors (Lipinski definition) is 0. The lowest BCUT2D eigenvalue weighted by atomic mass is 9.99. The first-order valence-corrected chi connectivity index (χ1v) is 4.95. The molecule has 0 saturated carbocycles. The van der Waals surface area contributed by atoms with E-state index >= 15 is 0 Å². The van der Waals surface area contributed by atoms with E-state index in [4.69, 9.17) is 0 Å². The quantitative estimate of drug-likeness (QED) is 0.723. The highest BCUT2D eigenvalue weighted by Gasteiger charge is 2.14. The molecule has 0 fully saturated rings. The van der Waals surface area contributed by atoms with E-state index in [0.717, 1.165) is 16.7 Å². The fourth-order valence-electron chi connectivity index (χ4n) is 1.78. The molecule has 0 aliphatic carbocycles. The summed E-state index contributed by atoms with van der Waals surface area (Å²) in [6, 6.07) is 4.05. The Kier molecular flexibility index (Phi) is 3.30. The van der Waals surface area contributed by atoms with Crippen LogP contribution < -0.4 is 0 Å². The Morgan fingerprint density at radius 2 is 1.73 bits per heavy atom. The lowest BCUT2D eigenvalue weighted by molar-refractivity contribution is 0.0849. The van der Waals surface area contributed by atoms with Crippen LogP contribution in [0.25, 0.3) is 0 Å². The van der Waals surface area contributed by atoms with Crippen LogP contribution in [-0.4, -0.2) is 17.9 Å². The number of rotatable bonds is 2. The molecule has 2 heteroatoms. The predicted molar refractivity (Wildman–Crippen MR) is 62.9 cm³/mol. The van der Waals surface area contributed by atoms with E-state index in [1.807, 2.05) is 32.9 Å². The summed E-state index contributed by atoms with van der Waals surface area (Å²) in [6.45, 7) is 9.55. The molecule has 0 unspecified atom stereocenters. The highest BCUT2D eigenvalue weighted by molar-refractivity contribution is 5.97. The normalized spacial score (nSPS) is 9.87. The summed E-state index contributed by atoms with van der Waals surface area (Å²) in [7, 11) is 1.72. The minimum absolute atomic E-state index is 0.000000000000000444. The van der Waals surface area contributed by atoms with E-state index in [1.54, 1.807) is 7.05 Å². The van der Waals surface area contributed by atoms with Gasteiger partial charge in [0.05, 0.1) is 0 Å². The molecule has 1 aromatic carbocycles. The highest BCUT2D eigenvalue weighted by atomic mass is 16.2. The second kappa shape index (κ2) is 4.30. The van der Waals surface area contributed by atoms with Gasteiger partial charge in [0.15, 0.2) is 0 Å². The van der Waals surface area contributed by atoms with Crippen LogP contribution in [0.5, 0.6) is 0 Å². The SMILES string of the molecule is C=CN(C)C(=O)c1c(C)cc(C)cc1C. The Hall–Kier alpha value is -1.57. The molecule has 0 aliphatic rings. The summed E-state index contributed by atoms with van der Waals surface area (Å²) in [5.41, 5.74) is 4.00. The molecule has 1 rings (SSSR count). The van der Waals surface area contributed by atoms with Gasteiger partial charge in [-0.2, -0.15) is 0 Å². The first-order valence-electron chi connectivity index (χ1n) is 4.95. The van der Waals surface area contributed by atoms with E-state index in [1.165, 1.54) is 16.7 Å². The van der Waals surface area contributed by atoms with Crippen LogP contribution in [0.3, 0.4) is 0 Å². The number of carbonyl (C=O) groups is 1. The van der Waals surface area contributed by atoms with Gasteiger partial charge in [0, 0.05) is 12.6 Å². The van der Waals surface area contributed by atoms with Gasteiger partial charge in [0.2, 0.25) is 0 Å². The number of benzene rings is 1. The topological polar surface area (TPSA) is 20.3 Å². The van der Waals surface area contributed by atoms with Gasteiger partial charge in [0.25, 0.3) is 5.91 Å². The molecule has 0 spiro atoms. The number of aryl methyl sites for hydroxylation is 3. The van der Waals surface area contributed by atoms with Gasteiger partial charge in [-0.3, -0.25) is 4.79 Å². The first kappa shape index (κ1) is 11.5. The van der Waals surface area contributed by atoms with Crippen molar-refractivity contribution in [2.75, 3.05) is 7.05 Å². The number of carbonyl (C=O) groups excluding carboxylic acids is 1. The first-order chi connectivity index (χ1) is 6.97. The molecule has 2 nitrogen and oxygen atoms in total. The molecule has 0 radical (unpaired) electrons. The van der Waals surface area contributed by atoms with E-state index < -0.39 is 0 Å². The molecule has 0 bridgehead atoms. The average molecular weight is 203 g/mol. The highest BCUT2D eigenvalue weighted by Crippen LogP contribution is 2.17. The lowest BCUT2D eigenvalue weighted by Crippen LogP contribution is -2.22. The maximum absolute atomic E-state index is 12.0. The summed E-state index contributed by atoms with van der Waals surface area (Å²) >= 11 is 0. The summed E-state index contributed by atoms with van der Waals surface area (Å²) in [5, 5.41) is 0. The Morgan fingerprint density at radius 3 is 2.13 bits per heavy atom. The Bertz CT molecular complexity index is 384. The fourth-order valence-corrected chi connectivity index (χ4v) is 1.78. The minimum atomic E-state index is 0.000000000000000444.